The van der Waals surface area contributed by atoms with Gasteiger partial charge in [-0.05, 0) is 36.8 Å². The summed E-state index contributed by atoms with van der Waals surface area (Å²) >= 11 is 0. The van der Waals surface area contributed by atoms with Gasteiger partial charge in [0.25, 0.3) is 0 Å². The van der Waals surface area contributed by atoms with Crippen LogP contribution in [0.3, 0.4) is 0 Å². The molecule has 1 saturated carbocycles. The Morgan fingerprint density at radius 3 is 2.55 bits per heavy atom. The van der Waals surface area contributed by atoms with Crippen LogP contribution in [0.5, 0.6) is 0 Å². The number of carbonyl (C=O) groups is 1. The van der Waals surface area contributed by atoms with E-state index in [9.17, 15) is 10.1 Å². The first-order chi connectivity index (χ1) is 9.50. The normalized spacial score (nSPS) is 16.9. The molecule has 106 valence electrons. The molecule has 0 aliphatic heterocycles. The number of para-hydroxylation sites is 1. The van der Waals surface area contributed by atoms with E-state index in [0.29, 0.717) is 18.8 Å². The number of carbonyl (C=O) groups excluding carboxylic acids is 1. The van der Waals surface area contributed by atoms with Crippen LogP contribution in [0, 0.1) is 23.7 Å². The van der Waals surface area contributed by atoms with E-state index in [4.69, 9.17) is 0 Å². The third-order valence-electron chi connectivity index (χ3n) is 4.27. The van der Waals surface area contributed by atoms with Gasteiger partial charge in [0.15, 0.2) is 0 Å². The zero-order chi connectivity index (χ0) is 14.8. The molecule has 1 aromatic carbocycles. The lowest BCUT2D eigenvalue weighted by Gasteiger charge is -2.22. The lowest BCUT2D eigenvalue weighted by Crippen LogP contribution is -2.33. The fraction of sp³-hybridized carbons (Fsp3) is 0.529. The molecule has 0 bridgehead atoms. The zero-order valence-electron chi connectivity index (χ0n) is 12.5. The Balaban J connectivity index is 2.31. The number of rotatable bonds is 3. The minimum atomic E-state index is -0.823. The molecule has 3 heteroatoms. The molecule has 0 saturated heterocycles. The van der Waals surface area contributed by atoms with E-state index in [1.54, 1.807) is 0 Å². The molecule has 1 fully saturated rings. The first kappa shape index (κ1) is 14.6. The number of nitrogens with one attached hydrogen (secondary N) is 1. The van der Waals surface area contributed by atoms with Crippen LogP contribution in [0.1, 0.15) is 56.6 Å². The first-order valence-corrected chi connectivity index (χ1v) is 7.32. The molecule has 20 heavy (non-hydrogen) atoms. The van der Waals surface area contributed by atoms with Crippen molar-refractivity contribution in [2.45, 2.75) is 52.4 Å². The summed E-state index contributed by atoms with van der Waals surface area (Å²) in [4.78, 5) is 12.6. The molecule has 0 radical (unpaired) electrons. The first-order valence-electron chi connectivity index (χ1n) is 7.32. The van der Waals surface area contributed by atoms with Gasteiger partial charge < -0.3 is 5.32 Å². The maximum absolute atomic E-state index is 12.6. The second-order valence-electron chi connectivity index (χ2n) is 6.05. The summed E-state index contributed by atoms with van der Waals surface area (Å²) in [7, 11) is 0. The second kappa shape index (κ2) is 5.66. The fourth-order valence-electron chi connectivity index (χ4n) is 2.94. The van der Waals surface area contributed by atoms with Crippen LogP contribution in [-0.2, 0) is 4.79 Å². The highest BCUT2D eigenvalue weighted by atomic mass is 16.2. The SMILES string of the molecule is Cc1cccc(C(C)C)c1NC(=O)C1(C#N)CCCC1. The van der Waals surface area contributed by atoms with E-state index in [1.807, 2.05) is 25.1 Å². The summed E-state index contributed by atoms with van der Waals surface area (Å²) in [6, 6.07) is 8.30. The molecule has 3 nitrogen and oxygen atoms in total. The molecule has 1 aliphatic rings. The summed E-state index contributed by atoms with van der Waals surface area (Å²) in [5.74, 6) is 0.209. The van der Waals surface area contributed by atoms with Gasteiger partial charge in [0.05, 0.1) is 6.07 Å². The predicted octanol–water partition coefficient (Wildman–Crippen LogP) is 4.14. The van der Waals surface area contributed by atoms with E-state index < -0.39 is 5.41 Å². The van der Waals surface area contributed by atoms with Crippen LogP contribution in [-0.4, -0.2) is 5.91 Å². The van der Waals surface area contributed by atoms with Gasteiger partial charge in [-0.3, -0.25) is 4.79 Å². The van der Waals surface area contributed by atoms with E-state index in [1.165, 1.54) is 0 Å². The van der Waals surface area contributed by atoms with Gasteiger partial charge in [0, 0.05) is 5.69 Å². The summed E-state index contributed by atoms with van der Waals surface area (Å²) < 4.78 is 0. The van der Waals surface area contributed by atoms with Crippen molar-refractivity contribution in [2.75, 3.05) is 5.32 Å². The summed E-state index contributed by atoms with van der Waals surface area (Å²) in [6.07, 6.45) is 3.29. The van der Waals surface area contributed by atoms with E-state index in [0.717, 1.165) is 29.7 Å². The number of nitrogens with zero attached hydrogens (tertiary/aromatic N) is 1. The number of benzene rings is 1. The topological polar surface area (TPSA) is 52.9 Å². The molecule has 0 heterocycles. The Kier molecular flexibility index (Phi) is 4.13. The average Bonchev–Trinajstić information content (AvgIpc) is 2.90. The highest BCUT2D eigenvalue weighted by Crippen LogP contribution is 2.39. The van der Waals surface area contributed by atoms with Crippen molar-refractivity contribution in [3.8, 4) is 6.07 Å². The van der Waals surface area contributed by atoms with Crippen LogP contribution in [0.25, 0.3) is 0 Å². The number of amides is 1. The van der Waals surface area contributed by atoms with Gasteiger partial charge in [-0.25, -0.2) is 0 Å². The Morgan fingerprint density at radius 2 is 2.00 bits per heavy atom. The standard InChI is InChI=1S/C17H22N2O/c1-12(2)14-8-6-7-13(3)15(14)19-16(20)17(11-18)9-4-5-10-17/h6-8,12H,4-5,9-10H2,1-3H3,(H,19,20). The molecule has 0 atom stereocenters. The van der Waals surface area contributed by atoms with Crippen molar-refractivity contribution in [2.24, 2.45) is 5.41 Å². The maximum Gasteiger partial charge on any atom is 0.244 e. The highest BCUT2D eigenvalue weighted by molar-refractivity contribution is 5.98. The Bertz CT molecular complexity index is 549. The maximum atomic E-state index is 12.6. The third kappa shape index (κ3) is 2.56. The van der Waals surface area contributed by atoms with Crippen LogP contribution < -0.4 is 5.32 Å². The fourth-order valence-corrected chi connectivity index (χ4v) is 2.94. The summed E-state index contributed by atoms with van der Waals surface area (Å²) in [5, 5.41) is 12.4. The smallest absolute Gasteiger partial charge is 0.244 e. The number of nitriles is 1. The highest BCUT2D eigenvalue weighted by Gasteiger charge is 2.41. The number of aryl methyl sites for hydroxylation is 1. The van der Waals surface area contributed by atoms with Crippen molar-refractivity contribution in [1.29, 1.82) is 5.26 Å². The Labute approximate surface area is 121 Å². The molecule has 0 spiro atoms. The van der Waals surface area contributed by atoms with E-state index in [2.05, 4.69) is 25.2 Å². The van der Waals surface area contributed by atoms with Crippen LogP contribution >= 0.6 is 0 Å². The van der Waals surface area contributed by atoms with Crippen molar-refractivity contribution in [3.05, 3.63) is 29.3 Å². The Morgan fingerprint density at radius 1 is 1.35 bits per heavy atom. The average molecular weight is 270 g/mol. The van der Waals surface area contributed by atoms with Crippen molar-refractivity contribution < 1.29 is 4.79 Å². The van der Waals surface area contributed by atoms with Crippen LogP contribution in [0.4, 0.5) is 5.69 Å². The molecule has 0 aromatic heterocycles. The van der Waals surface area contributed by atoms with Crippen LogP contribution in [0.15, 0.2) is 18.2 Å². The molecular weight excluding hydrogens is 248 g/mol. The summed E-state index contributed by atoms with van der Waals surface area (Å²) in [6.45, 7) is 6.22. The Hall–Kier alpha value is -1.82. The van der Waals surface area contributed by atoms with Gasteiger partial charge in [-0.15, -0.1) is 0 Å². The molecule has 1 aromatic rings. The van der Waals surface area contributed by atoms with Gasteiger partial charge in [0.1, 0.15) is 5.41 Å². The lowest BCUT2D eigenvalue weighted by molar-refractivity contribution is -0.122. The molecule has 2 rings (SSSR count). The second-order valence-corrected chi connectivity index (χ2v) is 6.05. The minimum absolute atomic E-state index is 0.131. The van der Waals surface area contributed by atoms with Crippen molar-refractivity contribution in [1.82, 2.24) is 0 Å². The number of hydrogen-bond donors (Lipinski definition) is 1. The molecule has 1 aliphatic carbocycles. The van der Waals surface area contributed by atoms with E-state index >= 15 is 0 Å². The lowest BCUT2D eigenvalue weighted by atomic mass is 9.86. The molecule has 1 N–H and O–H groups in total. The molecule has 1 amide bonds. The van der Waals surface area contributed by atoms with Crippen molar-refractivity contribution >= 4 is 11.6 Å². The van der Waals surface area contributed by atoms with Gasteiger partial charge in [0.2, 0.25) is 5.91 Å². The minimum Gasteiger partial charge on any atom is -0.324 e. The monoisotopic (exact) mass is 270 g/mol. The van der Waals surface area contributed by atoms with Crippen molar-refractivity contribution in [3.63, 3.8) is 0 Å². The van der Waals surface area contributed by atoms with Crippen LogP contribution in [0.2, 0.25) is 0 Å². The molecule has 0 unspecified atom stereocenters. The quantitative estimate of drug-likeness (QED) is 0.897. The molecular formula is C17H22N2O. The van der Waals surface area contributed by atoms with Gasteiger partial charge in [-0.2, -0.15) is 5.26 Å². The van der Waals surface area contributed by atoms with E-state index in [-0.39, 0.29) is 5.91 Å². The summed E-state index contributed by atoms with van der Waals surface area (Å²) in [5.41, 5.74) is 2.24. The van der Waals surface area contributed by atoms with Gasteiger partial charge in [-0.1, -0.05) is 44.9 Å². The number of anilines is 1. The van der Waals surface area contributed by atoms with Gasteiger partial charge >= 0.3 is 0 Å². The predicted molar refractivity (Wildman–Crippen MR) is 80.4 cm³/mol. The number of hydrogen-bond acceptors (Lipinski definition) is 2. The third-order valence-corrected chi connectivity index (χ3v) is 4.27. The zero-order valence-corrected chi connectivity index (χ0v) is 12.5. The largest absolute Gasteiger partial charge is 0.324 e.